The standard InChI is InChI=1S/C23H29FN2O6S/c1-15(21(27)26(5)14-16-8-7-9-18(24)12-16)32-22(28)17-10-11-19(31-6)20(13-17)33(29,30)25-23(2,3)4/h7-13,15,25H,14H2,1-6H3. The minimum atomic E-state index is -4.00. The fourth-order valence-corrected chi connectivity index (χ4v) is 4.66. The number of nitrogens with one attached hydrogen (secondary N) is 1. The van der Waals surface area contributed by atoms with E-state index in [2.05, 4.69) is 4.72 Å². The van der Waals surface area contributed by atoms with Crippen molar-refractivity contribution in [3.8, 4) is 5.75 Å². The summed E-state index contributed by atoms with van der Waals surface area (Å²) in [6.07, 6.45) is -1.15. The molecular formula is C23H29FN2O6S. The van der Waals surface area contributed by atoms with Gasteiger partial charge < -0.3 is 14.4 Å². The average molecular weight is 481 g/mol. The van der Waals surface area contributed by atoms with Crippen LogP contribution in [0.25, 0.3) is 0 Å². The van der Waals surface area contributed by atoms with Crippen LogP contribution in [0, 0.1) is 5.82 Å². The Labute approximate surface area is 193 Å². The lowest BCUT2D eigenvalue weighted by atomic mass is 10.1. The van der Waals surface area contributed by atoms with Gasteiger partial charge in [0.05, 0.1) is 12.7 Å². The van der Waals surface area contributed by atoms with E-state index in [0.717, 1.165) is 6.07 Å². The topological polar surface area (TPSA) is 102 Å². The minimum Gasteiger partial charge on any atom is -0.495 e. The van der Waals surface area contributed by atoms with E-state index in [1.807, 2.05) is 0 Å². The van der Waals surface area contributed by atoms with Crippen LogP contribution in [0.3, 0.4) is 0 Å². The molecule has 0 radical (unpaired) electrons. The summed E-state index contributed by atoms with van der Waals surface area (Å²) in [6.45, 7) is 6.58. The molecule has 10 heteroatoms. The molecule has 8 nitrogen and oxygen atoms in total. The number of carbonyl (C=O) groups excluding carboxylic acids is 2. The maximum Gasteiger partial charge on any atom is 0.338 e. The van der Waals surface area contributed by atoms with E-state index < -0.39 is 39.4 Å². The molecule has 1 unspecified atom stereocenters. The van der Waals surface area contributed by atoms with E-state index in [1.165, 1.54) is 56.3 Å². The van der Waals surface area contributed by atoms with E-state index in [4.69, 9.17) is 9.47 Å². The van der Waals surface area contributed by atoms with Gasteiger partial charge in [-0.2, -0.15) is 0 Å². The van der Waals surface area contributed by atoms with Crippen molar-refractivity contribution >= 4 is 21.9 Å². The maximum absolute atomic E-state index is 13.4. The summed E-state index contributed by atoms with van der Waals surface area (Å²) in [7, 11) is -1.18. The summed E-state index contributed by atoms with van der Waals surface area (Å²) in [5, 5.41) is 0. The first kappa shape index (κ1) is 26.3. The zero-order valence-corrected chi connectivity index (χ0v) is 20.3. The van der Waals surface area contributed by atoms with Crippen LogP contribution in [-0.4, -0.2) is 51.0 Å². The highest BCUT2D eigenvalue weighted by molar-refractivity contribution is 7.89. The van der Waals surface area contributed by atoms with Crippen molar-refractivity contribution < 1.29 is 31.9 Å². The van der Waals surface area contributed by atoms with Crippen molar-refractivity contribution in [2.24, 2.45) is 0 Å². The van der Waals surface area contributed by atoms with Gasteiger partial charge in [0.15, 0.2) is 6.10 Å². The van der Waals surface area contributed by atoms with Crippen LogP contribution >= 0.6 is 0 Å². The molecule has 0 spiro atoms. The van der Waals surface area contributed by atoms with Crippen LogP contribution in [0.2, 0.25) is 0 Å². The van der Waals surface area contributed by atoms with Crippen LogP contribution in [0.15, 0.2) is 47.4 Å². The quantitative estimate of drug-likeness (QED) is 0.583. The third-order valence-electron chi connectivity index (χ3n) is 4.45. The van der Waals surface area contributed by atoms with E-state index in [-0.39, 0.29) is 22.8 Å². The number of amides is 1. The Kier molecular flexibility index (Phi) is 8.20. The molecule has 0 aromatic heterocycles. The number of rotatable bonds is 8. The van der Waals surface area contributed by atoms with E-state index in [9.17, 15) is 22.4 Å². The highest BCUT2D eigenvalue weighted by atomic mass is 32.2. The Morgan fingerprint density at radius 2 is 1.82 bits per heavy atom. The smallest absolute Gasteiger partial charge is 0.338 e. The first-order valence-corrected chi connectivity index (χ1v) is 11.6. The zero-order chi connectivity index (χ0) is 25.0. The van der Waals surface area contributed by atoms with Gasteiger partial charge in [-0.1, -0.05) is 12.1 Å². The van der Waals surface area contributed by atoms with Crippen molar-refractivity contribution in [1.29, 1.82) is 0 Å². The number of carbonyl (C=O) groups is 2. The fourth-order valence-electron chi connectivity index (χ4n) is 3.05. The summed E-state index contributed by atoms with van der Waals surface area (Å²) < 4.78 is 51.9. The molecule has 0 aliphatic rings. The highest BCUT2D eigenvalue weighted by Crippen LogP contribution is 2.26. The summed E-state index contributed by atoms with van der Waals surface area (Å²) in [5.74, 6) is -1.73. The van der Waals surface area contributed by atoms with E-state index >= 15 is 0 Å². The van der Waals surface area contributed by atoms with Crippen LogP contribution in [0.1, 0.15) is 43.6 Å². The number of benzene rings is 2. The SMILES string of the molecule is COc1ccc(C(=O)OC(C)C(=O)N(C)Cc2cccc(F)c2)cc1S(=O)(=O)NC(C)(C)C. The Morgan fingerprint density at radius 1 is 1.15 bits per heavy atom. The maximum atomic E-state index is 13.4. The van der Waals surface area contributed by atoms with Crippen LogP contribution in [0.5, 0.6) is 5.75 Å². The van der Waals surface area contributed by atoms with Crippen LogP contribution in [-0.2, 0) is 26.1 Å². The van der Waals surface area contributed by atoms with Crippen LogP contribution < -0.4 is 9.46 Å². The number of hydrogen-bond acceptors (Lipinski definition) is 6. The lowest BCUT2D eigenvalue weighted by Gasteiger charge is -2.22. The number of esters is 1. The second kappa shape index (κ2) is 10.3. The van der Waals surface area contributed by atoms with Gasteiger partial charge in [-0.3, -0.25) is 4.79 Å². The molecule has 0 fully saturated rings. The number of sulfonamides is 1. The second-order valence-electron chi connectivity index (χ2n) is 8.59. The average Bonchev–Trinajstić information content (AvgIpc) is 2.70. The van der Waals surface area contributed by atoms with Crippen molar-refractivity contribution in [3.63, 3.8) is 0 Å². The van der Waals surface area contributed by atoms with Crippen molar-refractivity contribution in [3.05, 3.63) is 59.4 Å². The summed E-state index contributed by atoms with van der Waals surface area (Å²) in [5.41, 5.74) is -0.230. The van der Waals surface area contributed by atoms with Gasteiger partial charge in [-0.15, -0.1) is 0 Å². The van der Waals surface area contributed by atoms with E-state index in [1.54, 1.807) is 26.8 Å². The predicted molar refractivity (Wildman–Crippen MR) is 121 cm³/mol. The lowest BCUT2D eigenvalue weighted by molar-refractivity contribution is -0.139. The van der Waals surface area contributed by atoms with Gasteiger partial charge in [0, 0.05) is 19.1 Å². The molecule has 33 heavy (non-hydrogen) atoms. The first-order chi connectivity index (χ1) is 15.2. The third-order valence-corrected chi connectivity index (χ3v) is 6.23. The monoisotopic (exact) mass is 480 g/mol. The van der Waals surface area contributed by atoms with Crippen LogP contribution in [0.4, 0.5) is 4.39 Å². The summed E-state index contributed by atoms with van der Waals surface area (Å²) in [4.78, 5) is 26.3. The van der Waals surface area contributed by atoms with E-state index in [0.29, 0.717) is 5.56 Å². The zero-order valence-electron chi connectivity index (χ0n) is 19.5. The number of hydrogen-bond donors (Lipinski definition) is 1. The Balaban J connectivity index is 2.17. The number of methoxy groups -OCH3 is 1. The van der Waals surface area contributed by atoms with Gasteiger partial charge in [-0.25, -0.2) is 22.3 Å². The fraction of sp³-hybridized carbons (Fsp3) is 0.391. The summed E-state index contributed by atoms with van der Waals surface area (Å²) >= 11 is 0. The molecule has 1 N–H and O–H groups in total. The molecule has 0 aliphatic heterocycles. The molecule has 0 aliphatic carbocycles. The molecule has 0 saturated carbocycles. The molecule has 0 heterocycles. The van der Waals surface area contributed by atoms with Gasteiger partial charge in [0.1, 0.15) is 16.5 Å². The number of likely N-dealkylation sites (N-methyl/N-ethyl adjacent to an activating group) is 1. The van der Waals surface area contributed by atoms with Crippen molar-refractivity contribution in [2.45, 2.75) is 50.8 Å². The van der Waals surface area contributed by atoms with Gasteiger partial charge in [-0.05, 0) is 63.6 Å². The molecule has 180 valence electrons. The molecule has 1 amide bonds. The van der Waals surface area contributed by atoms with Crippen molar-refractivity contribution in [1.82, 2.24) is 9.62 Å². The molecule has 0 bridgehead atoms. The summed E-state index contributed by atoms with van der Waals surface area (Å²) in [6, 6.07) is 9.66. The minimum absolute atomic E-state index is 0.0576. The molecule has 1 atom stereocenters. The molecular weight excluding hydrogens is 451 g/mol. The normalized spacial score (nSPS) is 12.7. The van der Waals surface area contributed by atoms with Crippen molar-refractivity contribution in [2.75, 3.05) is 14.2 Å². The number of nitrogens with zero attached hydrogens (tertiary/aromatic N) is 1. The number of halogens is 1. The van der Waals surface area contributed by atoms with Gasteiger partial charge in [0.2, 0.25) is 10.0 Å². The Morgan fingerprint density at radius 3 is 2.39 bits per heavy atom. The Bertz CT molecular complexity index is 1130. The second-order valence-corrected chi connectivity index (χ2v) is 10.2. The molecule has 2 aromatic carbocycles. The van der Waals surface area contributed by atoms with Gasteiger partial charge >= 0.3 is 5.97 Å². The third kappa shape index (κ3) is 7.26. The highest BCUT2D eigenvalue weighted by Gasteiger charge is 2.28. The Hall–Kier alpha value is -2.98. The predicted octanol–water partition coefficient (Wildman–Crippen LogP) is 3.12. The first-order valence-electron chi connectivity index (χ1n) is 10.2. The lowest BCUT2D eigenvalue weighted by Crippen LogP contribution is -2.40. The molecule has 0 saturated heterocycles. The molecule has 2 rings (SSSR count). The number of ether oxygens (including phenoxy) is 2. The largest absolute Gasteiger partial charge is 0.495 e. The van der Waals surface area contributed by atoms with Gasteiger partial charge in [0.25, 0.3) is 5.91 Å². The molecule has 2 aromatic rings.